The Morgan fingerprint density at radius 2 is 2.00 bits per heavy atom. The molecule has 0 radical (unpaired) electrons. The summed E-state index contributed by atoms with van der Waals surface area (Å²) in [6.07, 6.45) is 1.42. The molecule has 5 nitrogen and oxygen atoms in total. The van der Waals surface area contributed by atoms with Crippen LogP contribution in [0.5, 0.6) is 0 Å². The molecule has 0 aliphatic carbocycles. The minimum Gasteiger partial charge on any atom is -0.465 e. The second-order valence-corrected chi connectivity index (χ2v) is 4.69. The summed E-state index contributed by atoms with van der Waals surface area (Å²) in [7, 11) is 1.28. The molecule has 3 N–H and O–H groups in total. The van der Waals surface area contributed by atoms with Crippen LogP contribution in [0, 0.1) is 0 Å². The molecule has 104 valence electrons. The first-order valence-corrected chi connectivity index (χ1v) is 6.33. The topological polar surface area (TPSA) is 77.2 Å². The maximum absolute atomic E-state index is 11.7. The van der Waals surface area contributed by atoms with Gasteiger partial charge in [0.1, 0.15) is 11.4 Å². The van der Waals surface area contributed by atoms with Gasteiger partial charge in [-0.3, -0.25) is 0 Å². The molecule has 2 aromatic rings. The van der Waals surface area contributed by atoms with Crippen molar-refractivity contribution in [3.05, 3.63) is 46.1 Å². The van der Waals surface area contributed by atoms with Gasteiger partial charge in [0.15, 0.2) is 0 Å². The van der Waals surface area contributed by atoms with Gasteiger partial charge in [-0.1, -0.05) is 29.3 Å². The summed E-state index contributed by atoms with van der Waals surface area (Å²) in [5.41, 5.74) is 6.63. The number of carbonyl (C=O) groups excluding carboxylic acids is 1. The second-order valence-electron chi connectivity index (χ2n) is 3.88. The Balaban J connectivity index is 2.46. The number of hydrogen-bond donors (Lipinski definition) is 2. The molecule has 20 heavy (non-hydrogen) atoms. The summed E-state index contributed by atoms with van der Waals surface area (Å²) in [6.45, 7) is 0. The monoisotopic (exact) mass is 311 g/mol. The lowest BCUT2D eigenvalue weighted by atomic mass is 10.2. The number of nitrogens with two attached hydrogens (primary N) is 1. The van der Waals surface area contributed by atoms with Crippen LogP contribution in [0.4, 0.5) is 17.2 Å². The van der Waals surface area contributed by atoms with Crippen molar-refractivity contribution in [1.82, 2.24) is 4.98 Å². The highest BCUT2D eigenvalue weighted by Crippen LogP contribution is 2.33. The third-order valence-electron chi connectivity index (χ3n) is 2.52. The maximum Gasteiger partial charge on any atom is 0.341 e. The Labute approximate surface area is 125 Å². The number of pyridine rings is 1. The zero-order valence-corrected chi connectivity index (χ0v) is 12.0. The number of nitrogen functional groups attached to an aromatic ring is 1. The maximum atomic E-state index is 11.7. The number of carbonyl (C=O) groups is 1. The normalized spacial score (nSPS) is 10.2. The lowest BCUT2D eigenvalue weighted by molar-refractivity contribution is 0.0601. The number of nitrogens with one attached hydrogen (secondary N) is 1. The van der Waals surface area contributed by atoms with E-state index in [4.69, 9.17) is 28.9 Å². The second kappa shape index (κ2) is 5.98. The molecule has 0 spiro atoms. The van der Waals surface area contributed by atoms with Gasteiger partial charge in [-0.05, 0) is 18.2 Å². The van der Waals surface area contributed by atoms with Crippen molar-refractivity contribution in [2.75, 3.05) is 18.2 Å². The van der Waals surface area contributed by atoms with Crippen molar-refractivity contribution in [3.63, 3.8) is 0 Å². The van der Waals surface area contributed by atoms with Crippen molar-refractivity contribution in [2.45, 2.75) is 0 Å². The van der Waals surface area contributed by atoms with Crippen LogP contribution < -0.4 is 11.1 Å². The molecule has 0 atom stereocenters. The van der Waals surface area contributed by atoms with Crippen LogP contribution in [-0.2, 0) is 4.74 Å². The first kappa shape index (κ1) is 14.4. The van der Waals surface area contributed by atoms with Gasteiger partial charge in [-0.25, -0.2) is 9.78 Å². The minimum atomic E-state index is -0.560. The predicted molar refractivity (Wildman–Crippen MR) is 79.7 cm³/mol. The Morgan fingerprint density at radius 3 is 2.60 bits per heavy atom. The van der Waals surface area contributed by atoms with E-state index in [1.807, 2.05) is 0 Å². The minimum absolute atomic E-state index is 0.198. The number of hydrogen-bond acceptors (Lipinski definition) is 5. The highest BCUT2D eigenvalue weighted by atomic mass is 35.5. The number of benzene rings is 1. The number of esters is 1. The standard InChI is InChI=1S/C13H11Cl2N3O2/c1-20-13(19)8-5-7(16)6-17-12(8)18-11-9(14)3-2-4-10(11)15/h2-6H,16H2,1H3,(H,17,18). The summed E-state index contributed by atoms with van der Waals surface area (Å²) < 4.78 is 4.69. The number of halogens is 2. The third-order valence-corrected chi connectivity index (χ3v) is 3.15. The van der Waals surface area contributed by atoms with Crippen LogP contribution in [0.1, 0.15) is 10.4 Å². The van der Waals surface area contributed by atoms with E-state index < -0.39 is 5.97 Å². The fourth-order valence-corrected chi connectivity index (χ4v) is 2.07. The molecule has 7 heteroatoms. The summed E-state index contributed by atoms with van der Waals surface area (Å²) in [4.78, 5) is 15.8. The molecule has 0 saturated carbocycles. The van der Waals surface area contributed by atoms with E-state index in [1.54, 1.807) is 18.2 Å². The van der Waals surface area contributed by atoms with Crippen LogP contribution in [0.3, 0.4) is 0 Å². The summed E-state index contributed by atoms with van der Waals surface area (Å²) in [5, 5.41) is 3.74. The van der Waals surface area contributed by atoms with Crippen LogP contribution in [-0.4, -0.2) is 18.1 Å². The van der Waals surface area contributed by atoms with Crippen LogP contribution in [0.25, 0.3) is 0 Å². The van der Waals surface area contributed by atoms with Crippen molar-refractivity contribution in [3.8, 4) is 0 Å². The average Bonchev–Trinajstić information content (AvgIpc) is 2.43. The number of methoxy groups -OCH3 is 1. The molecule has 1 heterocycles. The molecule has 0 aliphatic rings. The van der Waals surface area contributed by atoms with E-state index >= 15 is 0 Å². The molecule has 0 bridgehead atoms. The average molecular weight is 312 g/mol. The number of para-hydroxylation sites is 1. The van der Waals surface area contributed by atoms with Crippen LogP contribution >= 0.6 is 23.2 Å². The summed E-state index contributed by atoms with van der Waals surface area (Å²) >= 11 is 12.1. The molecule has 0 aliphatic heterocycles. The molecule has 0 unspecified atom stereocenters. The summed E-state index contributed by atoms with van der Waals surface area (Å²) in [5.74, 6) is -0.295. The van der Waals surface area contributed by atoms with E-state index in [-0.39, 0.29) is 11.4 Å². The van der Waals surface area contributed by atoms with Crippen molar-refractivity contribution < 1.29 is 9.53 Å². The van der Waals surface area contributed by atoms with E-state index in [0.29, 0.717) is 21.4 Å². The molecule has 0 amide bonds. The van der Waals surface area contributed by atoms with Crippen LogP contribution in [0.15, 0.2) is 30.5 Å². The van der Waals surface area contributed by atoms with Gasteiger partial charge in [-0.2, -0.15) is 0 Å². The lowest BCUT2D eigenvalue weighted by Gasteiger charge is -2.12. The van der Waals surface area contributed by atoms with Crippen molar-refractivity contribution in [2.24, 2.45) is 0 Å². The fourth-order valence-electron chi connectivity index (χ4n) is 1.58. The number of aromatic nitrogens is 1. The van der Waals surface area contributed by atoms with Gasteiger partial charge in [0, 0.05) is 0 Å². The van der Waals surface area contributed by atoms with Gasteiger partial charge in [0.2, 0.25) is 0 Å². The van der Waals surface area contributed by atoms with Crippen molar-refractivity contribution in [1.29, 1.82) is 0 Å². The van der Waals surface area contributed by atoms with Gasteiger partial charge in [0.05, 0.1) is 34.7 Å². The molecule has 0 fully saturated rings. The highest BCUT2D eigenvalue weighted by Gasteiger charge is 2.16. The number of nitrogens with zero attached hydrogens (tertiary/aromatic N) is 1. The number of ether oxygens (including phenoxy) is 1. The molecule has 2 rings (SSSR count). The molecule has 0 saturated heterocycles. The Kier molecular flexibility index (Phi) is 4.32. The summed E-state index contributed by atoms with van der Waals surface area (Å²) in [6, 6.07) is 6.52. The fraction of sp³-hybridized carbons (Fsp3) is 0.0769. The van der Waals surface area contributed by atoms with E-state index in [1.165, 1.54) is 19.4 Å². The number of anilines is 3. The number of rotatable bonds is 3. The van der Waals surface area contributed by atoms with E-state index in [2.05, 4.69) is 15.0 Å². The first-order chi connectivity index (χ1) is 9.52. The zero-order valence-electron chi connectivity index (χ0n) is 10.5. The molecule has 1 aromatic heterocycles. The Hall–Kier alpha value is -1.98. The Bertz CT molecular complexity index is 642. The van der Waals surface area contributed by atoms with Gasteiger partial charge in [0.25, 0.3) is 0 Å². The van der Waals surface area contributed by atoms with Crippen LogP contribution in [0.2, 0.25) is 10.0 Å². The quantitative estimate of drug-likeness (QED) is 0.848. The molecular formula is C13H11Cl2N3O2. The molecule has 1 aromatic carbocycles. The largest absolute Gasteiger partial charge is 0.465 e. The van der Waals surface area contributed by atoms with E-state index in [9.17, 15) is 4.79 Å². The first-order valence-electron chi connectivity index (χ1n) is 5.57. The van der Waals surface area contributed by atoms with Crippen molar-refractivity contribution >= 4 is 46.4 Å². The predicted octanol–water partition coefficient (Wildman–Crippen LogP) is 3.50. The molecular weight excluding hydrogens is 301 g/mol. The SMILES string of the molecule is COC(=O)c1cc(N)cnc1Nc1c(Cl)cccc1Cl. The smallest absolute Gasteiger partial charge is 0.341 e. The zero-order chi connectivity index (χ0) is 14.7. The highest BCUT2D eigenvalue weighted by molar-refractivity contribution is 6.39. The van der Waals surface area contributed by atoms with Gasteiger partial charge in [-0.15, -0.1) is 0 Å². The third kappa shape index (κ3) is 2.95. The van der Waals surface area contributed by atoms with Gasteiger partial charge < -0.3 is 15.8 Å². The Morgan fingerprint density at radius 1 is 1.35 bits per heavy atom. The van der Waals surface area contributed by atoms with E-state index in [0.717, 1.165) is 0 Å². The lowest BCUT2D eigenvalue weighted by Crippen LogP contribution is -2.08. The van der Waals surface area contributed by atoms with Gasteiger partial charge >= 0.3 is 5.97 Å².